The Kier molecular flexibility index (Phi) is 13.8. The van der Waals surface area contributed by atoms with Crippen molar-refractivity contribution in [2.75, 3.05) is 20.3 Å². The number of carbonyl (C=O) groups excluding carboxylic acids is 2. The Morgan fingerprint density at radius 2 is 1.44 bits per heavy atom. The molecule has 0 fully saturated rings. The van der Waals surface area contributed by atoms with Crippen LogP contribution < -0.4 is 15.8 Å². The first-order valence-corrected chi connectivity index (χ1v) is 13.0. The van der Waals surface area contributed by atoms with E-state index in [9.17, 15) is 9.59 Å². The van der Waals surface area contributed by atoms with Crippen LogP contribution in [0.4, 0.5) is 4.79 Å². The van der Waals surface area contributed by atoms with Crippen molar-refractivity contribution in [3.05, 3.63) is 119 Å². The Morgan fingerprint density at radius 1 is 0.872 bits per heavy atom. The lowest BCUT2D eigenvalue weighted by molar-refractivity contribution is -0.143. The Bertz CT molecular complexity index is 1290. The lowest BCUT2D eigenvalue weighted by Crippen LogP contribution is -2.47. The van der Waals surface area contributed by atoms with Gasteiger partial charge in [-0.05, 0) is 35.4 Å². The van der Waals surface area contributed by atoms with Crippen molar-refractivity contribution in [3.8, 4) is 0 Å². The van der Waals surface area contributed by atoms with Gasteiger partial charge in [-0.3, -0.25) is 4.79 Å². The number of allylic oxidation sites excluding steroid dienone is 1. The van der Waals surface area contributed by atoms with Crippen LogP contribution in [0.25, 0.3) is 12.2 Å². The summed E-state index contributed by atoms with van der Waals surface area (Å²) >= 11 is 0. The first-order valence-electron chi connectivity index (χ1n) is 13.0. The van der Waals surface area contributed by atoms with Crippen molar-refractivity contribution in [2.45, 2.75) is 40.0 Å². The maximum absolute atomic E-state index is 12.5. The zero-order valence-electron chi connectivity index (χ0n) is 23.4. The standard InChI is InChI=1S/C21H26N2O4.C12H14/c1-17(24)27-16-20(15-26-14-19-11-7-4-8-12-19)23(2)21(25)22-13-18-9-5-3-6-10-18;1-4-11-7-5-6-8-12(11)9-10(2)3/h3-12,20H,13-16H2,1-2H3,(H,22,25);4-9H,2H2,1,3H3/b;11-4-,12-9-. The second-order valence-corrected chi connectivity index (χ2v) is 9.12. The Balaban J connectivity index is 0.000000370. The zero-order chi connectivity index (χ0) is 28.5. The summed E-state index contributed by atoms with van der Waals surface area (Å²) in [5.41, 5.74) is 3.14. The van der Waals surface area contributed by atoms with Crippen molar-refractivity contribution in [1.82, 2.24) is 10.2 Å². The number of hydrogen-bond donors (Lipinski definition) is 1. The number of ether oxygens (including phenoxy) is 2. The number of nitrogens with zero attached hydrogens (tertiary/aromatic N) is 1. The van der Waals surface area contributed by atoms with Crippen LogP contribution in [0.5, 0.6) is 0 Å². The molecule has 6 heteroatoms. The number of urea groups is 1. The van der Waals surface area contributed by atoms with E-state index in [1.165, 1.54) is 22.3 Å². The number of nitrogens with one attached hydrogen (secondary N) is 1. The highest BCUT2D eigenvalue weighted by atomic mass is 16.5. The minimum absolute atomic E-state index is 0.0827. The summed E-state index contributed by atoms with van der Waals surface area (Å²) in [7, 11) is 1.67. The summed E-state index contributed by atoms with van der Waals surface area (Å²) in [5.74, 6) is -0.388. The van der Waals surface area contributed by atoms with E-state index in [1.807, 2.05) is 86.6 Å². The Hall–Kier alpha value is -4.16. The Labute approximate surface area is 232 Å². The van der Waals surface area contributed by atoms with E-state index in [2.05, 4.69) is 36.2 Å². The molecule has 0 saturated carbocycles. The highest BCUT2D eigenvalue weighted by Crippen LogP contribution is 2.06. The van der Waals surface area contributed by atoms with Gasteiger partial charge in [0.25, 0.3) is 0 Å². The number of esters is 1. The molecule has 39 heavy (non-hydrogen) atoms. The van der Waals surface area contributed by atoms with Gasteiger partial charge in [0.2, 0.25) is 0 Å². The minimum atomic E-state index is -0.388. The predicted molar refractivity (Wildman–Crippen MR) is 158 cm³/mol. The highest BCUT2D eigenvalue weighted by molar-refractivity contribution is 5.74. The third-order valence-corrected chi connectivity index (χ3v) is 5.76. The molecular weight excluding hydrogens is 488 g/mol. The quantitative estimate of drug-likeness (QED) is 0.383. The predicted octanol–water partition coefficient (Wildman–Crippen LogP) is 4.82. The number of benzene rings is 3. The molecule has 0 aliphatic heterocycles. The maximum atomic E-state index is 12.5. The van der Waals surface area contributed by atoms with E-state index in [1.54, 1.807) is 7.05 Å². The molecule has 6 nitrogen and oxygen atoms in total. The molecular formula is C33H40N2O4. The van der Waals surface area contributed by atoms with Gasteiger partial charge in [-0.15, -0.1) is 0 Å². The van der Waals surface area contributed by atoms with Crippen molar-refractivity contribution < 1.29 is 19.1 Å². The van der Waals surface area contributed by atoms with E-state index in [-0.39, 0.29) is 31.3 Å². The summed E-state index contributed by atoms with van der Waals surface area (Å²) in [6, 6.07) is 27.1. The molecule has 2 amide bonds. The molecule has 3 rings (SSSR count). The van der Waals surface area contributed by atoms with Gasteiger partial charge in [0, 0.05) is 20.5 Å². The van der Waals surface area contributed by atoms with Crippen molar-refractivity contribution in [2.24, 2.45) is 0 Å². The SMILES string of the molecule is C=C(C)/C=c1/cccc/c1=C/C.CC(=O)OCC(COCc1ccccc1)N(C)C(=O)NCc1ccccc1. The molecule has 0 saturated heterocycles. The van der Waals surface area contributed by atoms with Gasteiger partial charge in [0.1, 0.15) is 6.61 Å². The zero-order valence-corrected chi connectivity index (χ0v) is 23.4. The number of amides is 2. The molecule has 0 bridgehead atoms. The molecule has 206 valence electrons. The average Bonchev–Trinajstić information content (AvgIpc) is 2.94. The molecule has 0 aromatic heterocycles. The fourth-order valence-corrected chi connectivity index (χ4v) is 3.61. The first kappa shape index (κ1) is 31.1. The minimum Gasteiger partial charge on any atom is -0.464 e. The molecule has 1 atom stereocenters. The molecule has 3 aromatic rings. The van der Waals surface area contributed by atoms with Crippen LogP contribution in [0, 0.1) is 0 Å². The smallest absolute Gasteiger partial charge is 0.317 e. The van der Waals surface area contributed by atoms with Crippen LogP contribution in [0.1, 0.15) is 31.9 Å². The van der Waals surface area contributed by atoms with Gasteiger partial charge in [0.15, 0.2) is 0 Å². The van der Waals surface area contributed by atoms with Gasteiger partial charge in [-0.1, -0.05) is 109 Å². The summed E-state index contributed by atoms with van der Waals surface area (Å²) in [6.45, 7) is 10.5. The lowest BCUT2D eigenvalue weighted by Gasteiger charge is -2.28. The van der Waals surface area contributed by atoms with E-state index >= 15 is 0 Å². The fourth-order valence-electron chi connectivity index (χ4n) is 3.61. The maximum Gasteiger partial charge on any atom is 0.317 e. The molecule has 3 aromatic carbocycles. The van der Waals surface area contributed by atoms with Gasteiger partial charge < -0.3 is 19.7 Å². The second kappa shape index (κ2) is 17.4. The van der Waals surface area contributed by atoms with Gasteiger partial charge in [0.05, 0.1) is 19.3 Å². The lowest BCUT2D eigenvalue weighted by atomic mass is 10.2. The average molecular weight is 529 g/mol. The van der Waals surface area contributed by atoms with E-state index < -0.39 is 0 Å². The monoisotopic (exact) mass is 528 g/mol. The van der Waals surface area contributed by atoms with E-state index in [4.69, 9.17) is 9.47 Å². The third-order valence-electron chi connectivity index (χ3n) is 5.76. The number of likely N-dealkylation sites (N-methyl/N-ethyl adjacent to an activating group) is 1. The van der Waals surface area contributed by atoms with Crippen LogP contribution in [0.15, 0.2) is 97.1 Å². The first-order chi connectivity index (χ1) is 18.8. The molecule has 1 N–H and O–H groups in total. The molecule has 0 aliphatic rings. The topological polar surface area (TPSA) is 67.9 Å². The molecule has 0 spiro atoms. The largest absolute Gasteiger partial charge is 0.464 e. The van der Waals surface area contributed by atoms with Gasteiger partial charge in [-0.25, -0.2) is 4.79 Å². The van der Waals surface area contributed by atoms with Crippen molar-refractivity contribution in [3.63, 3.8) is 0 Å². The van der Waals surface area contributed by atoms with E-state index in [0.717, 1.165) is 16.7 Å². The normalized spacial score (nSPS) is 12.1. The molecule has 1 unspecified atom stereocenters. The van der Waals surface area contributed by atoms with Crippen LogP contribution in [0.3, 0.4) is 0 Å². The molecule has 0 aliphatic carbocycles. The summed E-state index contributed by atoms with van der Waals surface area (Å²) in [4.78, 5) is 25.1. The van der Waals surface area contributed by atoms with Crippen LogP contribution in [0.2, 0.25) is 0 Å². The van der Waals surface area contributed by atoms with Crippen LogP contribution in [-0.2, 0) is 27.4 Å². The summed E-state index contributed by atoms with van der Waals surface area (Å²) in [6.07, 6.45) is 4.20. The Morgan fingerprint density at radius 3 is 2.00 bits per heavy atom. The summed E-state index contributed by atoms with van der Waals surface area (Å²) in [5, 5.41) is 5.37. The number of rotatable bonds is 10. The van der Waals surface area contributed by atoms with Gasteiger partial charge >= 0.3 is 12.0 Å². The summed E-state index contributed by atoms with van der Waals surface area (Å²) < 4.78 is 10.8. The number of carbonyl (C=O) groups is 2. The molecule has 0 heterocycles. The van der Waals surface area contributed by atoms with Crippen molar-refractivity contribution in [1.29, 1.82) is 0 Å². The molecule has 0 radical (unpaired) electrons. The van der Waals surface area contributed by atoms with Crippen LogP contribution in [-0.4, -0.2) is 43.2 Å². The third kappa shape index (κ3) is 12.3. The van der Waals surface area contributed by atoms with E-state index in [0.29, 0.717) is 13.2 Å². The second-order valence-electron chi connectivity index (χ2n) is 9.12. The van der Waals surface area contributed by atoms with Crippen molar-refractivity contribution >= 4 is 24.2 Å². The highest BCUT2D eigenvalue weighted by Gasteiger charge is 2.21. The number of hydrogen-bond acceptors (Lipinski definition) is 4. The fraction of sp³-hybridized carbons (Fsp3) is 0.273. The van der Waals surface area contributed by atoms with Crippen LogP contribution >= 0.6 is 0 Å². The van der Waals surface area contributed by atoms with Gasteiger partial charge in [-0.2, -0.15) is 0 Å².